The predicted molar refractivity (Wildman–Crippen MR) is 88.5 cm³/mol. The zero-order chi connectivity index (χ0) is 17.6. The van der Waals surface area contributed by atoms with Gasteiger partial charge in [-0.2, -0.15) is 0 Å². The van der Waals surface area contributed by atoms with Gasteiger partial charge in [0.15, 0.2) is 6.61 Å². The van der Waals surface area contributed by atoms with Crippen LogP contribution in [-0.2, 0) is 11.3 Å². The number of ether oxygens (including phenoxy) is 1. The van der Waals surface area contributed by atoms with Gasteiger partial charge < -0.3 is 14.5 Å². The lowest BCUT2D eigenvalue weighted by Gasteiger charge is -2.06. The van der Waals surface area contributed by atoms with E-state index in [4.69, 9.17) is 20.8 Å². The molecule has 2 aromatic carbocycles. The van der Waals surface area contributed by atoms with Gasteiger partial charge in [-0.05, 0) is 36.4 Å². The summed E-state index contributed by atoms with van der Waals surface area (Å²) in [6.45, 7) is -0.153. The molecule has 0 aliphatic rings. The predicted octanol–water partition coefficient (Wildman–Crippen LogP) is 3.22. The Labute approximate surface area is 147 Å². The lowest BCUT2D eigenvalue weighted by molar-refractivity contribution is -0.123. The molecule has 6 nitrogen and oxygen atoms in total. The number of rotatable bonds is 6. The molecule has 0 saturated carbocycles. The summed E-state index contributed by atoms with van der Waals surface area (Å²) in [5, 5.41) is 10.7. The van der Waals surface area contributed by atoms with Gasteiger partial charge in [0.2, 0.25) is 5.89 Å². The van der Waals surface area contributed by atoms with Crippen LogP contribution >= 0.6 is 11.6 Å². The molecule has 3 aromatic rings. The number of aromatic nitrogens is 2. The molecular formula is C17H13ClFN3O3. The smallest absolute Gasteiger partial charge is 0.258 e. The third-order valence-electron chi connectivity index (χ3n) is 3.19. The highest BCUT2D eigenvalue weighted by Crippen LogP contribution is 2.20. The van der Waals surface area contributed by atoms with Crippen molar-refractivity contribution in [2.45, 2.75) is 6.54 Å². The fourth-order valence-corrected chi connectivity index (χ4v) is 2.10. The third kappa shape index (κ3) is 4.54. The molecule has 0 bridgehead atoms. The van der Waals surface area contributed by atoms with E-state index in [2.05, 4.69) is 15.5 Å². The summed E-state index contributed by atoms with van der Waals surface area (Å²) in [7, 11) is 0. The molecule has 0 aliphatic heterocycles. The Morgan fingerprint density at radius 3 is 2.68 bits per heavy atom. The molecular weight excluding hydrogens is 349 g/mol. The van der Waals surface area contributed by atoms with Crippen LogP contribution in [0.15, 0.2) is 52.9 Å². The van der Waals surface area contributed by atoms with Crippen LogP contribution in [0.3, 0.4) is 0 Å². The van der Waals surface area contributed by atoms with Gasteiger partial charge in [-0.1, -0.05) is 23.7 Å². The molecule has 0 spiro atoms. The molecule has 25 heavy (non-hydrogen) atoms. The Morgan fingerprint density at radius 1 is 1.16 bits per heavy atom. The second kappa shape index (κ2) is 7.76. The summed E-state index contributed by atoms with van der Waals surface area (Å²) in [6.07, 6.45) is 0. The zero-order valence-electron chi connectivity index (χ0n) is 12.9. The van der Waals surface area contributed by atoms with Gasteiger partial charge >= 0.3 is 0 Å². The average molecular weight is 362 g/mol. The topological polar surface area (TPSA) is 77.2 Å². The minimum absolute atomic E-state index is 0.0181. The van der Waals surface area contributed by atoms with Gasteiger partial charge in [0.25, 0.3) is 11.8 Å². The van der Waals surface area contributed by atoms with Crippen molar-refractivity contribution in [2.75, 3.05) is 6.61 Å². The van der Waals surface area contributed by atoms with Crippen molar-refractivity contribution in [3.63, 3.8) is 0 Å². The first kappa shape index (κ1) is 16.9. The second-order valence-electron chi connectivity index (χ2n) is 5.00. The number of carbonyl (C=O) groups is 1. The highest BCUT2D eigenvalue weighted by molar-refractivity contribution is 6.30. The van der Waals surface area contributed by atoms with E-state index in [9.17, 15) is 9.18 Å². The highest BCUT2D eigenvalue weighted by atomic mass is 35.5. The monoisotopic (exact) mass is 361 g/mol. The maximum absolute atomic E-state index is 13.7. The second-order valence-corrected chi connectivity index (χ2v) is 5.44. The van der Waals surface area contributed by atoms with E-state index in [1.807, 2.05) is 0 Å². The fraction of sp³-hybridized carbons (Fsp3) is 0.118. The van der Waals surface area contributed by atoms with E-state index in [-0.39, 0.29) is 36.4 Å². The van der Waals surface area contributed by atoms with Crippen LogP contribution in [0.5, 0.6) is 5.75 Å². The third-order valence-corrected chi connectivity index (χ3v) is 3.44. The minimum Gasteiger partial charge on any atom is -0.484 e. The Kier molecular flexibility index (Phi) is 5.25. The highest BCUT2D eigenvalue weighted by Gasteiger charge is 2.13. The first-order valence-corrected chi connectivity index (χ1v) is 7.72. The van der Waals surface area contributed by atoms with Crippen LogP contribution in [0.1, 0.15) is 5.89 Å². The maximum Gasteiger partial charge on any atom is 0.258 e. The van der Waals surface area contributed by atoms with E-state index in [0.717, 1.165) is 0 Å². The quantitative estimate of drug-likeness (QED) is 0.729. The van der Waals surface area contributed by atoms with E-state index in [1.54, 1.807) is 36.4 Å². The Hall–Kier alpha value is -2.93. The van der Waals surface area contributed by atoms with Gasteiger partial charge in [-0.15, -0.1) is 10.2 Å². The Balaban J connectivity index is 1.51. The summed E-state index contributed by atoms with van der Waals surface area (Å²) < 4.78 is 24.3. The van der Waals surface area contributed by atoms with Crippen molar-refractivity contribution in [2.24, 2.45) is 0 Å². The molecule has 0 unspecified atom stereocenters. The van der Waals surface area contributed by atoms with Crippen molar-refractivity contribution in [3.8, 4) is 17.2 Å². The normalized spacial score (nSPS) is 10.5. The van der Waals surface area contributed by atoms with Gasteiger partial charge in [0.05, 0.1) is 12.1 Å². The van der Waals surface area contributed by atoms with Gasteiger partial charge in [-0.25, -0.2) is 4.39 Å². The molecule has 1 amide bonds. The Bertz CT molecular complexity index is 868. The molecule has 3 rings (SSSR count). The van der Waals surface area contributed by atoms with E-state index in [0.29, 0.717) is 10.8 Å². The zero-order valence-corrected chi connectivity index (χ0v) is 13.7. The van der Waals surface area contributed by atoms with E-state index >= 15 is 0 Å². The maximum atomic E-state index is 13.7. The molecule has 0 atom stereocenters. The van der Waals surface area contributed by atoms with Crippen molar-refractivity contribution < 1.29 is 18.3 Å². The van der Waals surface area contributed by atoms with Gasteiger partial charge in [0, 0.05) is 5.02 Å². The molecule has 0 saturated heterocycles. The van der Waals surface area contributed by atoms with Crippen LogP contribution in [0.4, 0.5) is 4.39 Å². The summed E-state index contributed by atoms with van der Waals surface area (Å²) in [5.41, 5.74) is 0.207. The van der Waals surface area contributed by atoms with Crippen LogP contribution in [0.25, 0.3) is 11.5 Å². The van der Waals surface area contributed by atoms with Crippen molar-refractivity contribution in [1.82, 2.24) is 15.5 Å². The first-order valence-electron chi connectivity index (χ1n) is 7.34. The van der Waals surface area contributed by atoms with Gasteiger partial charge in [-0.3, -0.25) is 4.79 Å². The van der Waals surface area contributed by atoms with Crippen molar-refractivity contribution >= 4 is 17.5 Å². The summed E-state index contributed by atoms with van der Waals surface area (Å²) in [5.74, 6) is -0.0734. The number of carbonyl (C=O) groups excluding carboxylic acids is 1. The van der Waals surface area contributed by atoms with Crippen LogP contribution in [0, 0.1) is 5.82 Å². The number of nitrogens with zero attached hydrogens (tertiary/aromatic N) is 2. The summed E-state index contributed by atoms with van der Waals surface area (Å²) in [6, 6.07) is 12.7. The molecule has 0 radical (unpaired) electrons. The lowest BCUT2D eigenvalue weighted by atomic mass is 10.2. The number of nitrogens with one attached hydrogen (secondary N) is 1. The van der Waals surface area contributed by atoms with E-state index < -0.39 is 5.82 Å². The largest absolute Gasteiger partial charge is 0.484 e. The van der Waals surface area contributed by atoms with Crippen molar-refractivity contribution in [3.05, 3.63) is 65.3 Å². The standard InChI is InChI=1S/C17H13ClFN3O3/c18-11-5-7-12(8-6-11)24-10-15(23)20-9-16-21-22-17(25-16)13-3-1-2-4-14(13)19/h1-8H,9-10H2,(H,20,23). The van der Waals surface area contributed by atoms with Gasteiger partial charge in [0.1, 0.15) is 11.6 Å². The molecule has 1 heterocycles. The first-order chi connectivity index (χ1) is 12.1. The number of hydrogen-bond acceptors (Lipinski definition) is 5. The van der Waals surface area contributed by atoms with E-state index in [1.165, 1.54) is 12.1 Å². The minimum atomic E-state index is -0.460. The molecule has 0 fully saturated rings. The molecule has 0 aliphatic carbocycles. The Morgan fingerprint density at radius 2 is 1.92 bits per heavy atom. The number of amides is 1. The molecule has 1 N–H and O–H groups in total. The number of benzene rings is 2. The molecule has 1 aromatic heterocycles. The van der Waals surface area contributed by atoms with Crippen LogP contribution < -0.4 is 10.1 Å². The van der Waals surface area contributed by atoms with Crippen LogP contribution in [-0.4, -0.2) is 22.7 Å². The number of halogens is 2. The SMILES string of the molecule is O=C(COc1ccc(Cl)cc1)NCc1nnc(-c2ccccc2F)o1. The fourth-order valence-electron chi connectivity index (χ4n) is 1.97. The number of hydrogen-bond donors (Lipinski definition) is 1. The summed E-state index contributed by atoms with van der Waals surface area (Å²) in [4.78, 5) is 11.8. The summed E-state index contributed by atoms with van der Waals surface area (Å²) >= 11 is 5.77. The van der Waals surface area contributed by atoms with Crippen molar-refractivity contribution in [1.29, 1.82) is 0 Å². The lowest BCUT2D eigenvalue weighted by Crippen LogP contribution is -2.28. The average Bonchev–Trinajstić information content (AvgIpc) is 3.08. The van der Waals surface area contributed by atoms with Crippen LogP contribution in [0.2, 0.25) is 5.02 Å². The molecule has 128 valence electrons. The molecule has 8 heteroatoms.